The van der Waals surface area contributed by atoms with E-state index in [2.05, 4.69) is 166 Å². The smallest absolute Gasteiger partial charge is 0.114 e. The Kier molecular flexibility index (Phi) is 9.02. The van der Waals surface area contributed by atoms with Crippen LogP contribution in [0.5, 0.6) is 0 Å². The minimum atomic E-state index is -0.209. The molecule has 0 amide bonds. The van der Waals surface area contributed by atoms with Gasteiger partial charge in [-0.15, -0.1) is 0 Å². The summed E-state index contributed by atoms with van der Waals surface area (Å²) in [5, 5.41) is 1.49. The van der Waals surface area contributed by atoms with Crippen LogP contribution in [0.2, 0.25) is 6.55 Å². The van der Waals surface area contributed by atoms with E-state index in [9.17, 15) is 0 Å². The number of fused-ring (bicyclic) bond motifs is 2. The molecule has 3 aromatic carbocycles. The summed E-state index contributed by atoms with van der Waals surface area (Å²) in [5.74, 6) is 6.64. The van der Waals surface area contributed by atoms with Gasteiger partial charge in [-0.25, -0.2) is 0 Å². The van der Waals surface area contributed by atoms with Crippen LogP contribution in [-0.4, -0.2) is 45.6 Å². The van der Waals surface area contributed by atoms with E-state index < -0.39 is 0 Å². The van der Waals surface area contributed by atoms with Crippen molar-refractivity contribution in [3.8, 4) is 23.1 Å². The predicted molar refractivity (Wildman–Crippen MR) is 198 cm³/mol. The Hall–Kier alpha value is -4.20. The largest absolute Gasteiger partial charge is 0.493 e. The third-order valence-electron chi connectivity index (χ3n) is 11.2. The lowest BCUT2D eigenvalue weighted by Gasteiger charge is -2.40. The second-order valence-corrected chi connectivity index (χ2v) is 15.5. The van der Waals surface area contributed by atoms with Gasteiger partial charge in [-0.1, -0.05) is 116 Å². The summed E-state index contributed by atoms with van der Waals surface area (Å²) >= 11 is 0. The summed E-state index contributed by atoms with van der Waals surface area (Å²) in [6.45, 7) is 7.05. The second-order valence-electron chi connectivity index (χ2n) is 14.0. The van der Waals surface area contributed by atoms with E-state index in [1.807, 2.05) is 0 Å². The summed E-state index contributed by atoms with van der Waals surface area (Å²) in [6, 6.07) is 32.5. The fourth-order valence-electron chi connectivity index (χ4n) is 8.34. The standard InChI is InChI=1S/C43H48N2OSi/c1-29-16-20-39-38-22-18-34(32-14-10-7-11-15-32)27-41(38)46-43(39)42(29)30(2)44(3)25-24-35-26-33(31-12-8-6-9-13-31)17-21-37(35)40-23-19-36(47-5)28-45(40)4/h6-17,19-21,23,26,28-30,34,39-40,42-43H,18,22,27,47H2,1-5H3. The number of ether oxygens (including phenoxy) is 1. The van der Waals surface area contributed by atoms with E-state index in [4.69, 9.17) is 4.74 Å². The molecule has 7 unspecified atom stereocenters. The van der Waals surface area contributed by atoms with Crippen molar-refractivity contribution in [2.75, 3.05) is 14.1 Å². The van der Waals surface area contributed by atoms with Crippen LogP contribution in [0.3, 0.4) is 0 Å². The molecule has 0 bridgehead atoms. The quantitative estimate of drug-likeness (QED) is 0.117. The normalized spacial score (nSPS) is 27.1. The molecule has 0 saturated carbocycles. The minimum Gasteiger partial charge on any atom is -0.493 e. The van der Waals surface area contributed by atoms with E-state index in [-0.39, 0.29) is 27.7 Å². The first-order chi connectivity index (χ1) is 22.9. The lowest BCUT2D eigenvalue weighted by molar-refractivity contribution is 0.0126. The van der Waals surface area contributed by atoms with Crippen LogP contribution in [-0.2, 0) is 4.74 Å². The zero-order valence-electron chi connectivity index (χ0n) is 28.6. The van der Waals surface area contributed by atoms with Crippen molar-refractivity contribution in [1.82, 2.24) is 9.80 Å². The summed E-state index contributed by atoms with van der Waals surface area (Å²) in [5.41, 5.74) is 7.75. The SMILES string of the molecule is C[SiH2]C1=CN(C)C(c2ccc(-c3ccccc3)cc2C#CN(C)C(C)C2C(C)C=CC3C4=C(CC(c5ccccc5)CC4)OC32)C=C1. The molecule has 240 valence electrons. The van der Waals surface area contributed by atoms with Gasteiger partial charge >= 0.3 is 0 Å². The Balaban J connectivity index is 1.14. The lowest BCUT2D eigenvalue weighted by Crippen LogP contribution is -2.46. The maximum absolute atomic E-state index is 6.97. The van der Waals surface area contributed by atoms with Crippen LogP contribution in [0.15, 0.2) is 126 Å². The predicted octanol–water partition coefficient (Wildman–Crippen LogP) is 8.64. The molecule has 4 aliphatic rings. The number of nitrogens with zero attached hydrogens (tertiary/aromatic N) is 2. The Morgan fingerprint density at radius 1 is 0.957 bits per heavy atom. The van der Waals surface area contributed by atoms with Gasteiger partial charge in [-0.05, 0) is 77.6 Å². The molecule has 3 aromatic rings. The zero-order valence-corrected chi connectivity index (χ0v) is 30.0. The fraction of sp³-hybridized carbons (Fsp3) is 0.349. The number of likely N-dealkylation sites (N-methyl/N-ethyl adjacent to an activating group) is 1. The van der Waals surface area contributed by atoms with Crippen LogP contribution in [0.1, 0.15) is 61.8 Å². The highest BCUT2D eigenvalue weighted by Crippen LogP contribution is 2.51. The summed E-state index contributed by atoms with van der Waals surface area (Å²) in [6.07, 6.45) is 15.4. The van der Waals surface area contributed by atoms with Gasteiger partial charge in [0, 0.05) is 50.0 Å². The van der Waals surface area contributed by atoms with E-state index in [1.165, 1.54) is 39.6 Å². The highest BCUT2D eigenvalue weighted by molar-refractivity contribution is 6.44. The molecule has 2 aliphatic carbocycles. The van der Waals surface area contributed by atoms with Gasteiger partial charge in [-0.3, -0.25) is 0 Å². The average Bonchev–Trinajstić information content (AvgIpc) is 3.48. The molecule has 7 atom stereocenters. The van der Waals surface area contributed by atoms with Gasteiger partial charge < -0.3 is 14.5 Å². The van der Waals surface area contributed by atoms with Crippen molar-refractivity contribution in [2.45, 2.75) is 63.8 Å². The zero-order chi connectivity index (χ0) is 32.5. The molecule has 0 radical (unpaired) electrons. The van der Waals surface area contributed by atoms with Crippen molar-refractivity contribution in [3.05, 3.63) is 143 Å². The van der Waals surface area contributed by atoms with Gasteiger partial charge in [-0.2, -0.15) is 0 Å². The third-order valence-corrected chi connectivity index (χ3v) is 12.4. The molecular formula is C43H48N2OSi. The van der Waals surface area contributed by atoms with Crippen LogP contribution >= 0.6 is 0 Å². The van der Waals surface area contributed by atoms with Crippen molar-refractivity contribution in [2.24, 2.45) is 17.8 Å². The van der Waals surface area contributed by atoms with Gasteiger partial charge in [0.1, 0.15) is 6.10 Å². The van der Waals surface area contributed by atoms with E-state index in [1.54, 1.807) is 5.57 Å². The van der Waals surface area contributed by atoms with E-state index in [0.29, 0.717) is 23.7 Å². The molecular weight excluding hydrogens is 589 g/mol. The van der Waals surface area contributed by atoms with Crippen LogP contribution in [0, 0.1) is 29.7 Å². The highest BCUT2D eigenvalue weighted by Gasteiger charge is 2.47. The first-order valence-electron chi connectivity index (χ1n) is 17.6. The minimum absolute atomic E-state index is 0.171. The lowest BCUT2D eigenvalue weighted by atomic mass is 9.70. The van der Waals surface area contributed by atoms with Crippen molar-refractivity contribution < 1.29 is 4.74 Å². The highest BCUT2D eigenvalue weighted by atomic mass is 28.2. The Bertz CT molecular complexity index is 1780. The first kappa shape index (κ1) is 31.4. The molecule has 3 nitrogen and oxygen atoms in total. The Morgan fingerprint density at radius 3 is 2.47 bits per heavy atom. The molecule has 0 saturated heterocycles. The van der Waals surface area contributed by atoms with Crippen LogP contribution < -0.4 is 0 Å². The van der Waals surface area contributed by atoms with Crippen molar-refractivity contribution in [3.63, 3.8) is 0 Å². The topological polar surface area (TPSA) is 15.7 Å². The number of rotatable bonds is 6. The summed E-state index contributed by atoms with van der Waals surface area (Å²) in [4.78, 5) is 4.61. The van der Waals surface area contributed by atoms with Crippen molar-refractivity contribution >= 4 is 9.52 Å². The molecule has 7 rings (SSSR count). The third kappa shape index (κ3) is 6.26. The maximum Gasteiger partial charge on any atom is 0.114 e. The molecule has 0 fully saturated rings. The molecule has 4 heteroatoms. The molecule has 0 spiro atoms. The molecule has 0 aromatic heterocycles. The second kappa shape index (κ2) is 13.5. The van der Waals surface area contributed by atoms with Crippen LogP contribution in [0.4, 0.5) is 0 Å². The molecule has 47 heavy (non-hydrogen) atoms. The van der Waals surface area contributed by atoms with E-state index in [0.717, 1.165) is 18.4 Å². The first-order valence-corrected chi connectivity index (χ1v) is 19.7. The summed E-state index contributed by atoms with van der Waals surface area (Å²) in [7, 11) is 4.15. The van der Waals surface area contributed by atoms with E-state index >= 15 is 0 Å². The van der Waals surface area contributed by atoms with Crippen molar-refractivity contribution in [1.29, 1.82) is 0 Å². The molecule has 2 heterocycles. The summed E-state index contributed by atoms with van der Waals surface area (Å²) < 4.78 is 6.97. The fourth-order valence-corrected chi connectivity index (χ4v) is 9.18. The number of hydrogen-bond acceptors (Lipinski definition) is 3. The number of allylic oxidation sites excluding steroid dienone is 4. The van der Waals surface area contributed by atoms with Gasteiger partial charge in [0.15, 0.2) is 0 Å². The number of hydrogen-bond donors (Lipinski definition) is 0. The van der Waals surface area contributed by atoms with Gasteiger partial charge in [0.25, 0.3) is 0 Å². The van der Waals surface area contributed by atoms with Crippen LogP contribution in [0.25, 0.3) is 11.1 Å². The van der Waals surface area contributed by atoms with Gasteiger partial charge in [0.05, 0.1) is 21.3 Å². The Labute approximate surface area is 284 Å². The Morgan fingerprint density at radius 2 is 1.72 bits per heavy atom. The molecule has 2 aliphatic heterocycles. The average molecular weight is 637 g/mol. The maximum atomic E-state index is 6.97. The number of benzene rings is 3. The van der Waals surface area contributed by atoms with Gasteiger partial charge in [0.2, 0.25) is 0 Å². The monoisotopic (exact) mass is 636 g/mol. The molecule has 0 N–H and O–H groups in total.